The summed E-state index contributed by atoms with van der Waals surface area (Å²) in [6, 6.07) is 4.52. The molecule has 0 aliphatic carbocycles. The first-order valence-corrected chi connectivity index (χ1v) is 6.29. The van der Waals surface area contributed by atoms with E-state index in [4.69, 9.17) is 4.74 Å². The van der Waals surface area contributed by atoms with Gasteiger partial charge in [0.15, 0.2) is 6.10 Å². The molecule has 1 heterocycles. The number of aliphatic carboxylic acids is 1. The van der Waals surface area contributed by atoms with Crippen LogP contribution >= 0.6 is 0 Å². The van der Waals surface area contributed by atoms with E-state index in [-0.39, 0.29) is 5.91 Å². The van der Waals surface area contributed by atoms with E-state index in [9.17, 15) is 14.7 Å². The van der Waals surface area contributed by atoms with E-state index in [1.165, 1.54) is 11.8 Å². The average Bonchev–Trinajstić information content (AvgIpc) is 2.37. The summed E-state index contributed by atoms with van der Waals surface area (Å²) in [6.07, 6.45) is -0.105. The van der Waals surface area contributed by atoms with Gasteiger partial charge in [-0.1, -0.05) is 13.0 Å². The Bertz CT molecular complexity index is 526. The molecule has 1 aromatic rings. The lowest BCUT2D eigenvalue weighted by atomic mass is 10.1. The van der Waals surface area contributed by atoms with Crippen molar-refractivity contribution >= 4 is 17.6 Å². The molecule has 5 heteroatoms. The van der Waals surface area contributed by atoms with Gasteiger partial charge < -0.3 is 9.84 Å². The molecular formula is C14H17NO4. The maximum atomic E-state index is 12.3. The van der Waals surface area contributed by atoms with Crippen LogP contribution in [0.25, 0.3) is 0 Å². The number of amides is 1. The van der Waals surface area contributed by atoms with Crippen LogP contribution in [0.2, 0.25) is 0 Å². The van der Waals surface area contributed by atoms with Crippen molar-refractivity contribution in [2.24, 2.45) is 0 Å². The molecule has 102 valence electrons. The van der Waals surface area contributed by atoms with Crippen molar-refractivity contribution in [3.05, 3.63) is 23.8 Å². The fourth-order valence-electron chi connectivity index (χ4n) is 2.16. The molecule has 0 fully saturated rings. The Morgan fingerprint density at radius 1 is 1.53 bits per heavy atom. The number of aryl methyl sites for hydroxylation is 1. The van der Waals surface area contributed by atoms with E-state index in [1.807, 2.05) is 19.9 Å². The van der Waals surface area contributed by atoms with E-state index >= 15 is 0 Å². The second kappa shape index (κ2) is 4.91. The van der Waals surface area contributed by atoms with Crippen molar-refractivity contribution in [2.75, 3.05) is 4.90 Å². The molecule has 1 amide bonds. The van der Waals surface area contributed by atoms with Gasteiger partial charge >= 0.3 is 5.97 Å². The summed E-state index contributed by atoms with van der Waals surface area (Å²) in [5.41, 5.74) is 1.48. The smallest absolute Gasteiger partial charge is 0.326 e. The highest BCUT2D eigenvalue weighted by Crippen LogP contribution is 2.36. The highest BCUT2D eigenvalue weighted by Gasteiger charge is 2.38. The summed E-state index contributed by atoms with van der Waals surface area (Å²) in [7, 11) is 0. The maximum Gasteiger partial charge on any atom is 0.326 e. The number of fused-ring (bicyclic) bond motifs is 1. The number of carboxylic acid groups (broad SMARTS) is 1. The highest BCUT2D eigenvalue weighted by molar-refractivity contribution is 6.04. The number of anilines is 1. The summed E-state index contributed by atoms with van der Waals surface area (Å²) in [6.45, 7) is 5.23. The molecule has 0 radical (unpaired) electrons. The Labute approximate surface area is 111 Å². The lowest BCUT2D eigenvalue weighted by Gasteiger charge is -2.36. The molecule has 0 spiro atoms. The van der Waals surface area contributed by atoms with Crippen molar-refractivity contribution < 1.29 is 19.4 Å². The Kier molecular flexibility index (Phi) is 3.46. The topological polar surface area (TPSA) is 66.8 Å². The van der Waals surface area contributed by atoms with Gasteiger partial charge in [-0.05, 0) is 38.0 Å². The van der Waals surface area contributed by atoms with Gasteiger partial charge in [0, 0.05) is 0 Å². The van der Waals surface area contributed by atoms with Crippen molar-refractivity contribution in [3.8, 4) is 5.75 Å². The Morgan fingerprint density at radius 2 is 2.21 bits per heavy atom. The van der Waals surface area contributed by atoms with Crippen LogP contribution in [0.4, 0.5) is 5.69 Å². The van der Waals surface area contributed by atoms with E-state index in [0.29, 0.717) is 17.9 Å². The lowest BCUT2D eigenvalue weighted by molar-refractivity contribution is -0.140. The van der Waals surface area contributed by atoms with Gasteiger partial charge in [0.25, 0.3) is 5.91 Å². The predicted molar refractivity (Wildman–Crippen MR) is 70.5 cm³/mol. The number of nitrogens with zero attached hydrogens (tertiary/aromatic N) is 1. The fraction of sp³-hybridized carbons (Fsp3) is 0.429. The molecule has 2 unspecified atom stereocenters. The number of ether oxygens (including phenoxy) is 1. The van der Waals surface area contributed by atoms with Gasteiger partial charge in [-0.2, -0.15) is 0 Å². The Hall–Kier alpha value is -2.04. The van der Waals surface area contributed by atoms with E-state index < -0.39 is 18.1 Å². The second-order valence-corrected chi connectivity index (χ2v) is 4.71. The van der Waals surface area contributed by atoms with Crippen LogP contribution < -0.4 is 9.64 Å². The van der Waals surface area contributed by atoms with Crippen LogP contribution in [0.15, 0.2) is 18.2 Å². The highest BCUT2D eigenvalue weighted by atomic mass is 16.5. The van der Waals surface area contributed by atoms with Gasteiger partial charge in [-0.15, -0.1) is 0 Å². The SMILES string of the molecule is CCC1Oc2ccc(C)cc2N(C(C)C(=O)O)C1=O. The molecule has 2 atom stereocenters. The quantitative estimate of drug-likeness (QED) is 0.905. The van der Waals surface area contributed by atoms with Crippen molar-refractivity contribution in [1.29, 1.82) is 0 Å². The molecular weight excluding hydrogens is 246 g/mol. The fourth-order valence-corrected chi connectivity index (χ4v) is 2.16. The van der Waals surface area contributed by atoms with Crippen molar-refractivity contribution in [1.82, 2.24) is 0 Å². The third-order valence-electron chi connectivity index (χ3n) is 3.27. The molecule has 0 saturated heterocycles. The molecule has 1 N–H and O–H groups in total. The molecule has 0 bridgehead atoms. The Balaban J connectivity index is 2.53. The molecule has 0 saturated carbocycles. The standard InChI is InChI=1S/C14H17NO4/c1-4-11-13(16)15(9(3)14(17)18)10-7-8(2)5-6-12(10)19-11/h5-7,9,11H,4H2,1-3H3,(H,17,18). The molecule has 5 nitrogen and oxygen atoms in total. The number of carboxylic acids is 1. The third-order valence-corrected chi connectivity index (χ3v) is 3.27. The minimum absolute atomic E-state index is 0.296. The summed E-state index contributed by atoms with van der Waals surface area (Å²) in [5, 5.41) is 9.17. The first kappa shape index (κ1) is 13.4. The first-order valence-electron chi connectivity index (χ1n) is 6.29. The van der Waals surface area contributed by atoms with Crippen molar-refractivity contribution in [3.63, 3.8) is 0 Å². The van der Waals surface area contributed by atoms with Gasteiger partial charge in [0.1, 0.15) is 11.8 Å². The van der Waals surface area contributed by atoms with Gasteiger partial charge in [0.05, 0.1) is 5.69 Å². The molecule has 1 aromatic carbocycles. The largest absolute Gasteiger partial charge is 0.480 e. The average molecular weight is 263 g/mol. The van der Waals surface area contributed by atoms with Gasteiger partial charge in [-0.3, -0.25) is 9.69 Å². The minimum atomic E-state index is -1.03. The van der Waals surface area contributed by atoms with Crippen LogP contribution in [-0.4, -0.2) is 29.1 Å². The zero-order chi connectivity index (χ0) is 14.2. The predicted octanol–water partition coefficient (Wildman–Crippen LogP) is 1.97. The van der Waals surface area contributed by atoms with Gasteiger partial charge in [0.2, 0.25) is 0 Å². The summed E-state index contributed by atoms with van der Waals surface area (Å²) in [4.78, 5) is 24.8. The van der Waals surface area contributed by atoms with Crippen molar-refractivity contribution in [2.45, 2.75) is 39.3 Å². The van der Waals surface area contributed by atoms with E-state index in [1.54, 1.807) is 12.1 Å². The van der Waals surface area contributed by atoms with Crippen LogP contribution in [0.3, 0.4) is 0 Å². The second-order valence-electron chi connectivity index (χ2n) is 4.71. The normalized spacial score (nSPS) is 19.6. The summed E-state index contributed by atoms with van der Waals surface area (Å²) in [5.74, 6) is -0.766. The third kappa shape index (κ3) is 2.28. The molecule has 1 aliphatic rings. The van der Waals surface area contributed by atoms with Gasteiger partial charge in [-0.25, -0.2) is 4.79 Å². The number of carbonyl (C=O) groups excluding carboxylic acids is 1. The van der Waals surface area contributed by atoms with E-state index in [0.717, 1.165) is 5.56 Å². The zero-order valence-corrected chi connectivity index (χ0v) is 11.2. The Morgan fingerprint density at radius 3 is 2.79 bits per heavy atom. The van der Waals surface area contributed by atoms with Crippen LogP contribution in [0.5, 0.6) is 5.75 Å². The first-order chi connectivity index (χ1) is 8.95. The summed E-state index contributed by atoms with van der Waals surface area (Å²) < 4.78 is 5.62. The minimum Gasteiger partial charge on any atom is -0.480 e. The number of carbonyl (C=O) groups is 2. The monoisotopic (exact) mass is 263 g/mol. The summed E-state index contributed by atoms with van der Waals surface area (Å²) >= 11 is 0. The molecule has 19 heavy (non-hydrogen) atoms. The zero-order valence-electron chi connectivity index (χ0n) is 11.2. The van der Waals surface area contributed by atoms with Crippen LogP contribution in [0.1, 0.15) is 25.8 Å². The number of benzene rings is 1. The molecule has 2 rings (SSSR count). The lowest BCUT2D eigenvalue weighted by Crippen LogP contribution is -2.52. The van der Waals surface area contributed by atoms with Crippen LogP contribution in [-0.2, 0) is 9.59 Å². The molecule has 0 aromatic heterocycles. The maximum absolute atomic E-state index is 12.3. The molecule has 1 aliphatic heterocycles. The number of rotatable bonds is 3. The van der Waals surface area contributed by atoms with Crippen LogP contribution in [0, 0.1) is 6.92 Å². The number of hydrogen-bond donors (Lipinski definition) is 1. The van der Waals surface area contributed by atoms with E-state index in [2.05, 4.69) is 0 Å². The number of hydrogen-bond acceptors (Lipinski definition) is 3.